The fourth-order valence-electron chi connectivity index (χ4n) is 4.36. The van der Waals surface area contributed by atoms with Gasteiger partial charge in [-0.3, -0.25) is 4.79 Å². The van der Waals surface area contributed by atoms with Crippen LogP contribution >= 0.6 is 11.3 Å². The molecule has 3 aromatic rings. The molecule has 0 unspecified atom stereocenters. The summed E-state index contributed by atoms with van der Waals surface area (Å²) >= 11 is 1.31. The smallest absolute Gasteiger partial charge is 0.318 e. The molecule has 0 aliphatic rings. The Hall–Kier alpha value is -3.47. The third-order valence-electron chi connectivity index (χ3n) is 6.55. The second kappa shape index (κ2) is 14.6. The van der Waals surface area contributed by atoms with E-state index in [1.807, 2.05) is 74.5 Å². The molecule has 7 N–H and O–H groups in total. The molecule has 0 bridgehead atoms. The second-order valence-corrected chi connectivity index (χ2v) is 11.1. The maximum absolute atomic E-state index is 13.5. The predicted octanol–water partition coefficient (Wildman–Crippen LogP) is 2.94. The second-order valence-electron chi connectivity index (χ2n) is 10.3. The van der Waals surface area contributed by atoms with E-state index in [0.29, 0.717) is 23.7 Å². The van der Waals surface area contributed by atoms with Crippen molar-refractivity contribution in [1.82, 2.24) is 20.5 Å². The van der Waals surface area contributed by atoms with E-state index >= 15 is 0 Å². The zero-order chi connectivity index (χ0) is 28.4. The number of benzene rings is 2. The van der Waals surface area contributed by atoms with E-state index in [2.05, 4.69) is 15.6 Å². The Bertz CT molecular complexity index is 1170. The normalized spacial score (nSPS) is 14.3. The largest absolute Gasteiger partial charge is 0.391 e. The van der Waals surface area contributed by atoms with Gasteiger partial charge in [-0.2, -0.15) is 0 Å². The van der Waals surface area contributed by atoms with Gasteiger partial charge >= 0.3 is 6.03 Å². The van der Waals surface area contributed by atoms with Crippen LogP contribution in [0.3, 0.4) is 0 Å². The lowest BCUT2D eigenvalue weighted by Crippen LogP contribution is -2.55. The number of hydrogen-bond donors (Lipinski definition) is 5. The number of nitrogen functional groups attached to an aromatic ring is 1. The van der Waals surface area contributed by atoms with Gasteiger partial charge in [-0.05, 0) is 36.3 Å². The number of nitrogens with two attached hydrogens (primary N) is 2. The van der Waals surface area contributed by atoms with E-state index < -0.39 is 18.2 Å². The van der Waals surface area contributed by atoms with Gasteiger partial charge < -0.3 is 32.1 Å². The maximum atomic E-state index is 13.5. The number of hydrogen-bond acceptors (Lipinski definition) is 7. The molecule has 0 aliphatic heterocycles. The molecule has 9 nitrogen and oxygen atoms in total. The molecule has 2 aromatic carbocycles. The average molecular weight is 553 g/mol. The lowest BCUT2D eigenvalue weighted by atomic mass is 9.93. The van der Waals surface area contributed by atoms with Crippen LogP contribution in [0, 0.1) is 5.92 Å². The number of aliphatic hydroxyl groups is 1. The number of rotatable bonds is 13. The van der Waals surface area contributed by atoms with Crippen LogP contribution in [0.2, 0.25) is 0 Å². The topological polar surface area (TPSA) is 147 Å². The van der Waals surface area contributed by atoms with Gasteiger partial charge in [-0.1, -0.05) is 74.5 Å². The standard InChI is InChI=1S/C29H40N6O3S/c1-19(2)26(34-29(38)35(3)17-23-18-39-28(31)33-23)27(37)32-22(14-20-10-6-4-7-11-20)16-25(36)24(30)15-21-12-8-5-9-13-21/h4-13,18-19,22,24-26,36H,14-17,30H2,1-3H3,(H2,31,33)(H,32,37)(H,34,38)/t22-,24-,25-,26-/m0/s1. The monoisotopic (exact) mass is 552 g/mol. The molecule has 0 spiro atoms. The van der Waals surface area contributed by atoms with Gasteiger partial charge in [0.25, 0.3) is 0 Å². The van der Waals surface area contributed by atoms with E-state index in [1.165, 1.54) is 16.2 Å². The summed E-state index contributed by atoms with van der Waals surface area (Å²) in [6.07, 6.45) is 0.489. The number of urea groups is 1. The highest BCUT2D eigenvalue weighted by molar-refractivity contribution is 7.13. The number of aromatic nitrogens is 1. The minimum absolute atomic E-state index is 0.167. The molecule has 1 aromatic heterocycles. The van der Waals surface area contributed by atoms with Gasteiger partial charge in [0.1, 0.15) is 6.04 Å². The van der Waals surface area contributed by atoms with Crippen molar-refractivity contribution in [3.05, 3.63) is 82.9 Å². The van der Waals surface area contributed by atoms with Gasteiger partial charge in [-0.25, -0.2) is 9.78 Å². The Morgan fingerprint density at radius 1 is 1.00 bits per heavy atom. The quantitative estimate of drug-likeness (QED) is 0.220. The lowest BCUT2D eigenvalue weighted by Gasteiger charge is -2.29. The predicted molar refractivity (Wildman–Crippen MR) is 156 cm³/mol. The first kappa shape index (κ1) is 30.1. The zero-order valence-electron chi connectivity index (χ0n) is 22.8. The molecule has 0 aliphatic carbocycles. The number of amides is 3. The number of nitrogens with zero attached hydrogens (tertiary/aromatic N) is 2. The van der Waals surface area contributed by atoms with Crippen LogP contribution < -0.4 is 22.1 Å². The summed E-state index contributed by atoms with van der Waals surface area (Å²) < 4.78 is 0. The van der Waals surface area contributed by atoms with Gasteiger partial charge in [0.2, 0.25) is 5.91 Å². The number of thiazole rings is 1. The third-order valence-corrected chi connectivity index (χ3v) is 7.27. The highest BCUT2D eigenvalue weighted by Gasteiger charge is 2.29. The fourth-order valence-corrected chi connectivity index (χ4v) is 4.91. The molecule has 0 radical (unpaired) electrons. The van der Waals surface area contributed by atoms with Gasteiger partial charge in [0.15, 0.2) is 5.13 Å². The van der Waals surface area contributed by atoms with Crippen molar-refractivity contribution in [2.45, 2.75) is 63.9 Å². The van der Waals surface area contributed by atoms with Crippen LogP contribution in [0.1, 0.15) is 37.1 Å². The summed E-state index contributed by atoms with van der Waals surface area (Å²) in [6, 6.07) is 17.5. The number of carbonyl (C=O) groups excluding carboxylic acids is 2. The minimum Gasteiger partial charge on any atom is -0.391 e. The van der Waals surface area contributed by atoms with Crippen molar-refractivity contribution < 1.29 is 14.7 Å². The molecule has 4 atom stereocenters. The van der Waals surface area contributed by atoms with Gasteiger partial charge in [0, 0.05) is 24.5 Å². The highest BCUT2D eigenvalue weighted by Crippen LogP contribution is 2.15. The Kier molecular flexibility index (Phi) is 11.3. The summed E-state index contributed by atoms with van der Waals surface area (Å²) in [6.45, 7) is 4.03. The van der Waals surface area contributed by atoms with E-state index in [4.69, 9.17) is 11.5 Å². The number of anilines is 1. The van der Waals surface area contributed by atoms with Crippen LogP contribution in [0.5, 0.6) is 0 Å². The minimum atomic E-state index is -0.831. The summed E-state index contributed by atoms with van der Waals surface area (Å²) in [5, 5.41) is 19.2. The molecule has 1 heterocycles. The van der Waals surface area contributed by atoms with E-state index in [9.17, 15) is 14.7 Å². The number of carbonyl (C=O) groups is 2. The summed E-state index contributed by atoms with van der Waals surface area (Å²) in [7, 11) is 1.64. The zero-order valence-corrected chi connectivity index (χ0v) is 23.6. The molecule has 39 heavy (non-hydrogen) atoms. The molecule has 3 rings (SSSR count). The van der Waals surface area contributed by atoms with Crippen molar-refractivity contribution in [2.75, 3.05) is 12.8 Å². The first-order valence-corrected chi connectivity index (χ1v) is 14.0. The van der Waals surface area contributed by atoms with Crippen molar-refractivity contribution >= 4 is 28.4 Å². The van der Waals surface area contributed by atoms with Gasteiger partial charge in [-0.15, -0.1) is 11.3 Å². The van der Waals surface area contributed by atoms with Crippen LogP contribution in [0.15, 0.2) is 66.0 Å². The first-order chi connectivity index (χ1) is 18.6. The van der Waals surface area contributed by atoms with Crippen LogP contribution in [0.25, 0.3) is 0 Å². The Labute approximate surface area is 234 Å². The highest BCUT2D eigenvalue weighted by atomic mass is 32.1. The van der Waals surface area contributed by atoms with Crippen molar-refractivity contribution in [3.63, 3.8) is 0 Å². The molecule has 10 heteroatoms. The van der Waals surface area contributed by atoms with E-state index in [0.717, 1.165) is 11.1 Å². The summed E-state index contributed by atoms with van der Waals surface area (Å²) in [5.41, 5.74) is 14.8. The van der Waals surface area contributed by atoms with Crippen LogP contribution in [-0.4, -0.2) is 58.2 Å². The van der Waals surface area contributed by atoms with Crippen LogP contribution in [0.4, 0.5) is 9.93 Å². The summed E-state index contributed by atoms with van der Waals surface area (Å²) in [5.74, 6) is -0.477. The van der Waals surface area contributed by atoms with Crippen molar-refractivity contribution in [3.8, 4) is 0 Å². The van der Waals surface area contributed by atoms with Crippen molar-refractivity contribution in [2.24, 2.45) is 11.7 Å². The number of aliphatic hydroxyl groups excluding tert-OH is 1. The van der Waals surface area contributed by atoms with E-state index in [-0.39, 0.29) is 36.9 Å². The molecule has 210 valence electrons. The number of nitrogens with one attached hydrogen (secondary N) is 2. The molecular weight excluding hydrogens is 512 g/mol. The fraction of sp³-hybridized carbons (Fsp3) is 0.414. The lowest BCUT2D eigenvalue weighted by molar-refractivity contribution is -0.124. The molecule has 3 amide bonds. The van der Waals surface area contributed by atoms with Crippen molar-refractivity contribution in [1.29, 1.82) is 0 Å². The molecular formula is C29H40N6O3S. The summed E-state index contributed by atoms with van der Waals surface area (Å²) in [4.78, 5) is 32.0. The third kappa shape index (κ3) is 9.65. The van der Waals surface area contributed by atoms with E-state index in [1.54, 1.807) is 12.4 Å². The Balaban J connectivity index is 1.67. The maximum Gasteiger partial charge on any atom is 0.318 e. The molecule has 0 saturated heterocycles. The van der Waals surface area contributed by atoms with Gasteiger partial charge in [0.05, 0.1) is 18.3 Å². The Morgan fingerprint density at radius 3 is 2.13 bits per heavy atom. The first-order valence-electron chi connectivity index (χ1n) is 13.2. The SMILES string of the molecule is CC(C)[C@H](NC(=O)N(C)Cc1csc(N)n1)C(=O)N[C@@H](Cc1ccccc1)C[C@H](O)[C@@H](N)Cc1ccccc1. The van der Waals surface area contributed by atoms with Crippen LogP contribution in [-0.2, 0) is 24.2 Å². The molecule has 0 fully saturated rings. The molecule has 0 saturated carbocycles. The average Bonchev–Trinajstić information content (AvgIpc) is 3.32. The Morgan fingerprint density at radius 2 is 1.59 bits per heavy atom.